The molecule has 0 aromatic heterocycles. The van der Waals surface area contributed by atoms with Crippen molar-refractivity contribution in [2.45, 2.75) is 0 Å². The molecule has 1 fully saturated rings. The minimum absolute atomic E-state index is 0.158. The number of para-hydroxylation sites is 1. The van der Waals surface area contributed by atoms with Crippen molar-refractivity contribution in [3.8, 4) is 5.75 Å². The summed E-state index contributed by atoms with van der Waals surface area (Å²) in [7, 11) is 0. The predicted octanol–water partition coefficient (Wildman–Crippen LogP) is 5.97. The Morgan fingerprint density at radius 2 is 1.63 bits per heavy atom. The van der Waals surface area contributed by atoms with Gasteiger partial charge in [0.15, 0.2) is 4.32 Å². The number of benzene rings is 3. The van der Waals surface area contributed by atoms with E-state index in [-0.39, 0.29) is 5.91 Å². The van der Waals surface area contributed by atoms with E-state index >= 15 is 0 Å². The number of hydrogen-bond acceptors (Lipinski definition) is 5. The molecule has 4 rings (SSSR count). The second kappa shape index (κ2) is 8.83. The normalized spacial score (nSPS) is 15.0. The lowest BCUT2D eigenvalue weighted by molar-refractivity contribution is -0.113. The molecule has 3 aromatic rings. The molecule has 0 bridgehead atoms. The van der Waals surface area contributed by atoms with Gasteiger partial charge in [0, 0.05) is 5.02 Å². The Balaban J connectivity index is 1.47. The van der Waals surface area contributed by atoms with E-state index in [4.69, 9.17) is 28.6 Å². The average Bonchev–Trinajstić information content (AvgIpc) is 3.03. The van der Waals surface area contributed by atoms with Crippen LogP contribution in [0, 0.1) is 0 Å². The highest BCUT2D eigenvalue weighted by atomic mass is 35.5. The topological polar surface area (TPSA) is 46.6 Å². The molecule has 1 heterocycles. The molecule has 0 saturated carbocycles. The number of anilines is 1. The summed E-state index contributed by atoms with van der Waals surface area (Å²) in [6, 6.07) is 22.7. The molecular weight excluding hydrogens is 438 g/mol. The van der Waals surface area contributed by atoms with E-state index in [1.54, 1.807) is 54.6 Å². The van der Waals surface area contributed by atoms with Gasteiger partial charge in [-0.1, -0.05) is 65.9 Å². The van der Waals surface area contributed by atoms with E-state index in [0.717, 1.165) is 11.3 Å². The zero-order valence-corrected chi connectivity index (χ0v) is 17.8. The van der Waals surface area contributed by atoms with Gasteiger partial charge in [0.25, 0.3) is 5.91 Å². The van der Waals surface area contributed by atoms with Gasteiger partial charge in [-0.15, -0.1) is 0 Å². The third-order valence-electron chi connectivity index (χ3n) is 4.28. The van der Waals surface area contributed by atoms with Gasteiger partial charge in [-0.05, 0) is 60.2 Å². The number of carbonyl (C=O) groups is 2. The molecule has 1 aliphatic rings. The molecule has 0 radical (unpaired) electrons. The van der Waals surface area contributed by atoms with Crippen molar-refractivity contribution in [1.29, 1.82) is 0 Å². The largest absolute Gasteiger partial charge is 0.423 e. The molecule has 3 aromatic carbocycles. The SMILES string of the molecule is O=C(Oc1ccc(/C=C2\SC(=S)N(c3ccccc3)C2=O)cc1)c1ccc(Cl)cc1. The monoisotopic (exact) mass is 451 g/mol. The maximum absolute atomic E-state index is 12.8. The molecular formula is C23H14ClNO3S2. The summed E-state index contributed by atoms with van der Waals surface area (Å²) >= 11 is 12.5. The Hall–Kier alpha value is -2.93. The van der Waals surface area contributed by atoms with Gasteiger partial charge in [0.2, 0.25) is 0 Å². The number of nitrogens with zero attached hydrogens (tertiary/aromatic N) is 1. The van der Waals surface area contributed by atoms with Crippen molar-refractivity contribution in [2.75, 3.05) is 4.90 Å². The third kappa shape index (κ3) is 4.46. The van der Waals surface area contributed by atoms with E-state index in [0.29, 0.717) is 25.6 Å². The van der Waals surface area contributed by atoms with E-state index in [9.17, 15) is 9.59 Å². The van der Waals surface area contributed by atoms with E-state index in [2.05, 4.69) is 0 Å². The zero-order chi connectivity index (χ0) is 21.1. The van der Waals surface area contributed by atoms with Gasteiger partial charge >= 0.3 is 5.97 Å². The molecule has 7 heteroatoms. The fourth-order valence-electron chi connectivity index (χ4n) is 2.80. The van der Waals surface area contributed by atoms with Crippen LogP contribution in [0.1, 0.15) is 15.9 Å². The van der Waals surface area contributed by atoms with Crippen LogP contribution in [0.2, 0.25) is 5.02 Å². The lowest BCUT2D eigenvalue weighted by Crippen LogP contribution is -2.27. The van der Waals surface area contributed by atoms with Gasteiger partial charge in [-0.25, -0.2) is 4.79 Å². The van der Waals surface area contributed by atoms with Crippen molar-refractivity contribution >= 4 is 63.5 Å². The van der Waals surface area contributed by atoms with Crippen LogP contribution in [-0.4, -0.2) is 16.2 Å². The molecule has 0 unspecified atom stereocenters. The van der Waals surface area contributed by atoms with Crippen molar-refractivity contribution in [1.82, 2.24) is 0 Å². The molecule has 30 heavy (non-hydrogen) atoms. The maximum Gasteiger partial charge on any atom is 0.343 e. The number of thioether (sulfide) groups is 1. The van der Waals surface area contributed by atoms with Crippen molar-refractivity contribution in [3.05, 3.63) is 99.9 Å². The molecule has 1 saturated heterocycles. The molecule has 0 spiro atoms. The molecule has 1 aliphatic heterocycles. The molecule has 0 N–H and O–H groups in total. The summed E-state index contributed by atoms with van der Waals surface area (Å²) in [5.74, 6) is -0.221. The van der Waals surface area contributed by atoms with Gasteiger partial charge in [-0.2, -0.15) is 0 Å². The summed E-state index contributed by atoms with van der Waals surface area (Å²) in [5.41, 5.74) is 1.95. The summed E-state index contributed by atoms with van der Waals surface area (Å²) < 4.78 is 5.87. The number of halogens is 1. The van der Waals surface area contributed by atoms with Crippen molar-refractivity contribution in [3.63, 3.8) is 0 Å². The lowest BCUT2D eigenvalue weighted by Gasteiger charge is -2.13. The smallest absolute Gasteiger partial charge is 0.343 e. The van der Waals surface area contributed by atoms with Crippen LogP contribution in [0.25, 0.3) is 6.08 Å². The third-order valence-corrected chi connectivity index (χ3v) is 5.83. The number of esters is 1. The minimum atomic E-state index is -0.469. The van der Waals surface area contributed by atoms with Crippen LogP contribution in [0.3, 0.4) is 0 Å². The number of thiocarbonyl (C=S) groups is 1. The quantitative estimate of drug-likeness (QED) is 0.212. The number of ether oxygens (including phenoxy) is 1. The van der Waals surface area contributed by atoms with E-state index in [1.807, 2.05) is 30.3 Å². The van der Waals surface area contributed by atoms with E-state index < -0.39 is 5.97 Å². The molecule has 0 aliphatic carbocycles. The number of carbonyl (C=O) groups excluding carboxylic acids is 2. The Kier molecular flexibility index (Phi) is 5.99. The van der Waals surface area contributed by atoms with Crippen LogP contribution < -0.4 is 9.64 Å². The summed E-state index contributed by atoms with van der Waals surface area (Å²) in [6.07, 6.45) is 1.77. The number of amides is 1. The molecule has 0 atom stereocenters. The second-order valence-electron chi connectivity index (χ2n) is 6.32. The number of hydrogen-bond donors (Lipinski definition) is 0. The van der Waals surface area contributed by atoms with Gasteiger partial charge in [-0.3, -0.25) is 9.69 Å². The molecule has 148 valence electrons. The average molecular weight is 452 g/mol. The van der Waals surface area contributed by atoms with Crippen molar-refractivity contribution in [2.24, 2.45) is 0 Å². The Labute approximate surface area is 188 Å². The Bertz CT molecular complexity index is 1140. The number of rotatable bonds is 4. The van der Waals surface area contributed by atoms with Crippen LogP contribution in [-0.2, 0) is 4.79 Å². The maximum atomic E-state index is 12.8. The Morgan fingerprint density at radius 1 is 0.967 bits per heavy atom. The highest BCUT2D eigenvalue weighted by molar-refractivity contribution is 8.27. The highest BCUT2D eigenvalue weighted by Crippen LogP contribution is 2.36. The first-order valence-electron chi connectivity index (χ1n) is 8.92. The first-order valence-corrected chi connectivity index (χ1v) is 10.5. The minimum Gasteiger partial charge on any atom is -0.423 e. The standard InChI is InChI=1S/C23H14ClNO3S2/c24-17-10-8-16(9-11-17)22(27)28-19-12-6-15(7-13-19)14-20-21(26)25(23(29)30-20)18-4-2-1-3-5-18/h1-14H/b20-14-. The highest BCUT2D eigenvalue weighted by Gasteiger charge is 2.33. The summed E-state index contributed by atoms with van der Waals surface area (Å²) in [5, 5.41) is 0.550. The fourth-order valence-corrected chi connectivity index (χ4v) is 4.23. The summed E-state index contributed by atoms with van der Waals surface area (Å²) in [4.78, 5) is 27.0. The summed E-state index contributed by atoms with van der Waals surface area (Å²) in [6.45, 7) is 0. The Morgan fingerprint density at radius 3 is 2.30 bits per heavy atom. The van der Waals surface area contributed by atoms with Crippen LogP contribution in [0.5, 0.6) is 5.75 Å². The van der Waals surface area contributed by atoms with E-state index in [1.165, 1.54) is 16.7 Å². The second-order valence-corrected chi connectivity index (χ2v) is 8.43. The van der Waals surface area contributed by atoms with Crippen LogP contribution in [0.15, 0.2) is 83.8 Å². The van der Waals surface area contributed by atoms with Gasteiger partial charge in [0.05, 0.1) is 16.2 Å². The van der Waals surface area contributed by atoms with Crippen LogP contribution in [0.4, 0.5) is 5.69 Å². The molecule has 1 amide bonds. The fraction of sp³-hybridized carbons (Fsp3) is 0. The lowest BCUT2D eigenvalue weighted by atomic mass is 10.2. The van der Waals surface area contributed by atoms with Crippen LogP contribution >= 0.6 is 35.6 Å². The first-order chi connectivity index (χ1) is 14.5. The molecule has 4 nitrogen and oxygen atoms in total. The van der Waals surface area contributed by atoms with Gasteiger partial charge in [0.1, 0.15) is 5.75 Å². The predicted molar refractivity (Wildman–Crippen MR) is 125 cm³/mol. The zero-order valence-electron chi connectivity index (χ0n) is 15.4. The van der Waals surface area contributed by atoms with Gasteiger partial charge < -0.3 is 4.74 Å². The van der Waals surface area contributed by atoms with Crippen molar-refractivity contribution < 1.29 is 14.3 Å². The first kappa shape index (κ1) is 20.3.